The summed E-state index contributed by atoms with van der Waals surface area (Å²) in [6.45, 7) is 7.48. The Morgan fingerprint density at radius 3 is 2.37 bits per heavy atom. The molecule has 1 saturated carbocycles. The number of carbonyl (C=O) groups is 2. The number of aryl methyl sites for hydroxylation is 3. The molecule has 0 saturated heterocycles. The van der Waals surface area contributed by atoms with Crippen molar-refractivity contribution in [1.82, 2.24) is 4.90 Å². The minimum absolute atomic E-state index is 0.0270. The molecule has 2 aromatic carbocycles. The van der Waals surface area contributed by atoms with Crippen LogP contribution in [-0.4, -0.2) is 23.3 Å². The third-order valence-corrected chi connectivity index (χ3v) is 5.81. The number of nitrogens with zero attached hydrogens (tertiary/aromatic N) is 1. The van der Waals surface area contributed by atoms with Gasteiger partial charge in [0.1, 0.15) is 0 Å². The van der Waals surface area contributed by atoms with Gasteiger partial charge in [-0.3, -0.25) is 9.59 Å². The second-order valence-electron chi connectivity index (χ2n) is 7.99. The molecule has 2 amide bonds. The Morgan fingerprint density at radius 2 is 1.67 bits per heavy atom. The molecule has 27 heavy (non-hydrogen) atoms. The predicted molar refractivity (Wildman–Crippen MR) is 106 cm³/mol. The molecule has 1 N–H and O–H groups in total. The molecular weight excluding hydrogens is 336 g/mol. The van der Waals surface area contributed by atoms with Crippen molar-refractivity contribution < 1.29 is 9.59 Å². The van der Waals surface area contributed by atoms with E-state index in [2.05, 4.69) is 36.5 Å². The van der Waals surface area contributed by atoms with E-state index in [1.54, 1.807) is 0 Å². The summed E-state index contributed by atoms with van der Waals surface area (Å²) in [5.41, 5.74) is 6.76. The van der Waals surface area contributed by atoms with E-state index in [1.165, 1.54) is 16.7 Å². The van der Waals surface area contributed by atoms with Crippen LogP contribution in [0.5, 0.6) is 0 Å². The van der Waals surface area contributed by atoms with Gasteiger partial charge in [-0.25, -0.2) is 0 Å². The second kappa shape index (κ2) is 6.84. The van der Waals surface area contributed by atoms with E-state index in [4.69, 9.17) is 0 Å². The third-order valence-electron chi connectivity index (χ3n) is 5.81. The predicted octanol–water partition coefficient (Wildman–Crippen LogP) is 3.77. The smallest absolute Gasteiger partial charge is 0.228 e. The first-order valence-electron chi connectivity index (χ1n) is 9.68. The van der Waals surface area contributed by atoms with Gasteiger partial charge in [-0.2, -0.15) is 0 Å². The summed E-state index contributed by atoms with van der Waals surface area (Å²) in [7, 11) is 0. The molecule has 1 fully saturated rings. The molecule has 4 heteroatoms. The molecule has 0 radical (unpaired) electrons. The van der Waals surface area contributed by atoms with Crippen molar-refractivity contribution in [2.24, 2.45) is 11.8 Å². The first-order chi connectivity index (χ1) is 12.9. The van der Waals surface area contributed by atoms with Gasteiger partial charge in [0.15, 0.2) is 0 Å². The summed E-state index contributed by atoms with van der Waals surface area (Å²) in [6, 6.07) is 12.4. The van der Waals surface area contributed by atoms with Crippen molar-refractivity contribution in [1.29, 1.82) is 0 Å². The van der Waals surface area contributed by atoms with E-state index in [9.17, 15) is 9.59 Å². The fourth-order valence-electron chi connectivity index (χ4n) is 4.27. The van der Waals surface area contributed by atoms with Gasteiger partial charge in [0.25, 0.3) is 0 Å². The Labute approximate surface area is 160 Å². The summed E-state index contributed by atoms with van der Waals surface area (Å²) in [5, 5.41) is 3.06. The molecule has 140 valence electrons. The molecule has 0 aromatic heterocycles. The lowest BCUT2D eigenvalue weighted by molar-refractivity contribution is -0.135. The van der Waals surface area contributed by atoms with Crippen molar-refractivity contribution in [3.63, 3.8) is 0 Å². The van der Waals surface area contributed by atoms with Crippen molar-refractivity contribution in [2.75, 3.05) is 11.9 Å². The number of amides is 2. The fourth-order valence-corrected chi connectivity index (χ4v) is 4.27. The van der Waals surface area contributed by atoms with E-state index < -0.39 is 0 Å². The Kier molecular flexibility index (Phi) is 4.50. The van der Waals surface area contributed by atoms with Crippen LogP contribution < -0.4 is 5.32 Å². The fraction of sp³-hybridized carbons (Fsp3) is 0.391. The van der Waals surface area contributed by atoms with E-state index >= 15 is 0 Å². The number of hydrogen-bond acceptors (Lipinski definition) is 2. The van der Waals surface area contributed by atoms with Gasteiger partial charge in [-0.15, -0.1) is 0 Å². The third kappa shape index (κ3) is 3.48. The van der Waals surface area contributed by atoms with Crippen LogP contribution in [0.15, 0.2) is 36.4 Å². The summed E-state index contributed by atoms with van der Waals surface area (Å²) in [4.78, 5) is 27.5. The lowest BCUT2D eigenvalue weighted by Gasteiger charge is -2.29. The normalized spacial score (nSPS) is 20.8. The van der Waals surface area contributed by atoms with Gasteiger partial charge < -0.3 is 10.2 Å². The van der Waals surface area contributed by atoms with Crippen molar-refractivity contribution in [2.45, 2.75) is 40.2 Å². The lowest BCUT2D eigenvalue weighted by atomic mass is 9.99. The zero-order valence-corrected chi connectivity index (χ0v) is 16.2. The highest BCUT2D eigenvalue weighted by Gasteiger charge is 2.49. The lowest BCUT2D eigenvalue weighted by Crippen LogP contribution is -2.37. The standard InChI is InChI=1S/C23H26N2O2/c1-14-10-15(2)21(16(3)11-14)24-22(26)19-12-20(19)23(27)25-9-8-17-6-4-5-7-18(17)13-25/h4-7,10-11,19-20H,8-9,12-13H2,1-3H3,(H,24,26). The highest BCUT2D eigenvalue weighted by atomic mass is 16.2. The van der Waals surface area contributed by atoms with Crippen LogP contribution in [0.2, 0.25) is 0 Å². The highest BCUT2D eigenvalue weighted by molar-refractivity contribution is 6.00. The van der Waals surface area contributed by atoms with Crippen LogP contribution in [-0.2, 0) is 22.6 Å². The number of benzene rings is 2. The number of fused-ring (bicyclic) bond motifs is 1. The molecule has 4 rings (SSSR count). The summed E-state index contributed by atoms with van der Waals surface area (Å²) in [5.74, 6) is -0.265. The Hall–Kier alpha value is -2.62. The van der Waals surface area contributed by atoms with Crippen molar-refractivity contribution >= 4 is 17.5 Å². The largest absolute Gasteiger partial charge is 0.338 e. The van der Waals surface area contributed by atoms with Crippen LogP contribution in [0.4, 0.5) is 5.69 Å². The van der Waals surface area contributed by atoms with Gasteiger partial charge >= 0.3 is 0 Å². The van der Waals surface area contributed by atoms with Crippen LogP contribution in [0.3, 0.4) is 0 Å². The van der Waals surface area contributed by atoms with Crippen LogP contribution >= 0.6 is 0 Å². The average molecular weight is 362 g/mol. The molecule has 2 aliphatic rings. The SMILES string of the molecule is Cc1cc(C)c(NC(=O)C2CC2C(=O)N2CCc3ccccc3C2)c(C)c1. The van der Waals surface area contributed by atoms with Gasteiger partial charge in [0.2, 0.25) is 11.8 Å². The maximum Gasteiger partial charge on any atom is 0.228 e. The molecule has 2 unspecified atom stereocenters. The van der Waals surface area contributed by atoms with Crippen LogP contribution in [0.25, 0.3) is 0 Å². The summed E-state index contributed by atoms with van der Waals surface area (Å²) < 4.78 is 0. The molecular formula is C23H26N2O2. The topological polar surface area (TPSA) is 49.4 Å². The van der Waals surface area contributed by atoms with E-state index in [0.29, 0.717) is 13.0 Å². The summed E-state index contributed by atoms with van der Waals surface area (Å²) >= 11 is 0. The Bertz CT molecular complexity index is 895. The van der Waals surface area contributed by atoms with Crippen LogP contribution in [0, 0.1) is 32.6 Å². The van der Waals surface area contributed by atoms with Crippen LogP contribution in [0.1, 0.15) is 34.2 Å². The maximum atomic E-state index is 12.9. The highest BCUT2D eigenvalue weighted by Crippen LogP contribution is 2.42. The minimum Gasteiger partial charge on any atom is -0.338 e. The van der Waals surface area contributed by atoms with Gasteiger partial charge in [0, 0.05) is 18.8 Å². The quantitative estimate of drug-likeness (QED) is 0.903. The maximum absolute atomic E-state index is 12.9. The molecule has 1 heterocycles. The van der Waals surface area contributed by atoms with E-state index in [-0.39, 0.29) is 23.7 Å². The number of carbonyl (C=O) groups excluding carboxylic acids is 2. The number of rotatable bonds is 3. The molecule has 1 aliphatic carbocycles. The average Bonchev–Trinajstić information content (AvgIpc) is 3.44. The number of nitrogens with one attached hydrogen (secondary N) is 1. The molecule has 2 aromatic rings. The molecule has 1 aliphatic heterocycles. The monoisotopic (exact) mass is 362 g/mol. The van der Waals surface area contributed by atoms with Gasteiger partial charge in [-0.1, -0.05) is 42.0 Å². The number of hydrogen-bond donors (Lipinski definition) is 1. The zero-order chi connectivity index (χ0) is 19.1. The summed E-state index contributed by atoms with van der Waals surface area (Å²) in [6.07, 6.45) is 1.56. The molecule has 2 atom stereocenters. The molecule has 0 spiro atoms. The second-order valence-corrected chi connectivity index (χ2v) is 7.99. The van der Waals surface area contributed by atoms with Crippen molar-refractivity contribution in [3.8, 4) is 0 Å². The van der Waals surface area contributed by atoms with E-state index in [0.717, 1.165) is 29.8 Å². The zero-order valence-electron chi connectivity index (χ0n) is 16.2. The minimum atomic E-state index is -0.199. The molecule has 4 nitrogen and oxygen atoms in total. The first kappa shape index (κ1) is 17.8. The Morgan fingerprint density at radius 1 is 1.00 bits per heavy atom. The van der Waals surface area contributed by atoms with Gasteiger partial charge in [0.05, 0.1) is 11.8 Å². The Balaban J connectivity index is 1.40. The van der Waals surface area contributed by atoms with E-state index in [1.807, 2.05) is 30.9 Å². The first-order valence-corrected chi connectivity index (χ1v) is 9.68. The van der Waals surface area contributed by atoms with Gasteiger partial charge in [-0.05, 0) is 55.9 Å². The van der Waals surface area contributed by atoms with Crippen molar-refractivity contribution in [3.05, 3.63) is 64.2 Å². The molecule has 0 bridgehead atoms. The number of anilines is 1.